The van der Waals surface area contributed by atoms with Crippen molar-refractivity contribution in [2.45, 2.75) is 18.9 Å². The van der Waals surface area contributed by atoms with Gasteiger partial charge in [-0.25, -0.2) is 4.98 Å². The Morgan fingerprint density at radius 3 is 2.47 bits per heavy atom. The second-order valence-corrected chi connectivity index (χ2v) is 7.63. The third-order valence-electron chi connectivity index (χ3n) is 5.46. The highest BCUT2D eigenvalue weighted by Gasteiger charge is 2.45. The summed E-state index contributed by atoms with van der Waals surface area (Å²) in [5.74, 6) is -0.488. The van der Waals surface area contributed by atoms with Crippen molar-refractivity contribution in [2.24, 2.45) is 0 Å². The highest BCUT2D eigenvalue weighted by atomic mass is 16.5. The number of hydrogen-bond donors (Lipinski definition) is 1. The minimum atomic E-state index is -1.18. The molecule has 3 aromatic rings. The monoisotopic (exact) mass is 431 g/mol. The van der Waals surface area contributed by atoms with E-state index in [0.29, 0.717) is 19.5 Å². The number of hydrogen-bond acceptors (Lipinski definition) is 6. The van der Waals surface area contributed by atoms with Crippen LogP contribution in [0.2, 0.25) is 0 Å². The van der Waals surface area contributed by atoms with Crippen molar-refractivity contribution in [2.75, 3.05) is 26.2 Å². The molecule has 8 heteroatoms. The Morgan fingerprint density at radius 1 is 1.03 bits per heavy atom. The molecule has 1 saturated heterocycles. The van der Waals surface area contributed by atoms with Gasteiger partial charge in [0.15, 0.2) is 5.60 Å². The predicted molar refractivity (Wildman–Crippen MR) is 119 cm³/mol. The van der Waals surface area contributed by atoms with Crippen molar-refractivity contribution in [1.29, 1.82) is 0 Å². The number of morpholine rings is 1. The lowest BCUT2D eigenvalue weighted by Crippen LogP contribution is -2.62. The van der Waals surface area contributed by atoms with Crippen LogP contribution in [0.1, 0.15) is 23.0 Å². The maximum absolute atomic E-state index is 13.1. The zero-order chi connectivity index (χ0) is 22.4. The zero-order valence-electron chi connectivity index (χ0n) is 17.9. The third-order valence-corrected chi connectivity index (χ3v) is 5.46. The van der Waals surface area contributed by atoms with Gasteiger partial charge in [-0.1, -0.05) is 24.3 Å². The number of carbonyl (C=O) groups is 2. The van der Waals surface area contributed by atoms with E-state index >= 15 is 0 Å². The maximum atomic E-state index is 13.1. The van der Waals surface area contributed by atoms with E-state index in [-0.39, 0.29) is 30.7 Å². The van der Waals surface area contributed by atoms with Crippen LogP contribution in [0.25, 0.3) is 11.1 Å². The smallest absolute Gasteiger partial charge is 0.274 e. The Morgan fingerprint density at radius 2 is 1.78 bits per heavy atom. The average molecular weight is 431 g/mol. The summed E-state index contributed by atoms with van der Waals surface area (Å²) in [5, 5.41) is 2.88. The molecule has 0 bridgehead atoms. The van der Waals surface area contributed by atoms with Gasteiger partial charge < -0.3 is 15.0 Å². The van der Waals surface area contributed by atoms with Gasteiger partial charge in [0, 0.05) is 44.3 Å². The van der Waals surface area contributed by atoms with Crippen molar-refractivity contribution < 1.29 is 14.3 Å². The summed E-state index contributed by atoms with van der Waals surface area (Å²) in [6.45, 7) is 3.12. The third kappa shape index (κ3) is 4.65. The van der Waals surface area contributed by atoms with Crippen molar-refractivity contribution in [3.63, 3.8) is 0 Å². The fourth-order valence-electron chi connectivity index (χ4n) is 3.86. The van der Waals surface area contributed by atoms with Crippen LogP contribution in [0.5, 0.6) is 0 Å². The second-order valence-electron chi connectivity index (χ2n) is 7.63. The number of nitrogens with zero attached hydrogens (tertiary/aromatic N) is 4. The molecule has 4 rings (SSSR count). The van der Waals surface area contributed by atoms with Crippen molar-refractivity contribution in [1.82, 2.24) is 25.2 Å². The average Bonchev–Trinajstić information content (AvgIpc) is 2.85. The molecule has 0 saturated carbocycles. The van der Waals surface area contributed by atoms with Crippen molar-refractivity contribution in [3.8, 4) is 11.1 Å². The predicted octanol–water partition coefficient (Wildman–Crippen LogP) is 2.13. The second kappa shape index (κ2) is 9.65. The van der Waals surface area contributed by atoms with Crippen LogP contribution in [0.15, 0.2) is 67.4 Å². The molecule has 1 atom stereocenters. The van der Waals surface area contributed by atoms with Gasteiger partial charge in [-0.15, -0.1) is 0 Å². The Bertz CT molecular complexity index is 1060. The van der Waals surface area contributed by atoms with Gasteiger partial charge in [-0.3, -0.25) is 19.6 Å². The van der Waals surface area contributed by atoms with Crippen LogP contribution in [0.3, 0.4) is 0 Å². The van der Waals surface area contributed by atoms with Gasteiger partial charge in [0.25, 0.3) is 11.8 Å². The lowest BCUT2D eigenvalue weighted by molar-refractivity contribution is -0.157. The lowest BCUT2D eigenvalue weighted by atomic mass is 9.90. The maximum Gasteiger partial charge on any atom is 0.274 e. The summed E-state index contributed by atoms with van der Waals surface area (Å²) in [4.78, 5) is 39.8. The Balaban J connectivity index is 1.57. The molecule has 0 unspecified atom stereocenters. The Kier molecular flexibility index (Phi) is 6.51. The molecule has 8 nitrogen and oxygen atoms in total. The number of likely N-dealkylation sites (N-methyl/N-ethyl adjacent to an activating group) is 1. The molecule has 2 aromatic heterocycles. The molecule has 2 amide bonds. The Labute approximate surface area is 186 Å². The van der Waals surface area contributed by atoms with E-state index in [1.165, 1.54) is 18.6 Å². The van der Waals surface area contributed by atoms with E-state index in [2.05, 4.69) is 20.3 Å². The number of pyridine rings is 1. The number of rotatable bonds is 6. The highest BCUT2D eigenvalue weighted by molar-refractivity contribution is 5.93. The summed E-state index contributed by atoms with van der Waals surface area (Å²) in [5.41, 5.74) is 2.15. The van der Waals surface area contributed by atoms with Crippen LogP contribution < -0.4 is 5.32 Å². The first kappa shape index (κ1) is 21.6. The van der Waals surface area contributed by atoms with Crippen LogP contribution in [0.4, 0.5) is 0 Å². The topological polar surface area (TPSA) is 97.3 Å². The largest absolute Gasteiger partial charge is 0.361 e. The number of aromatic nitrogens is 3. The molecule has 1 aliphatic rings. The van der Waals surface area contributed by atoms with Crippen molar-refractivity contribution in [3.05, 3.63) is 78.6 Å². The van der Waals surface area contributed by atoms with Gasteiger partial charge >= 0.3 is 0 Å². The first-order valence-corrected chi connectivity index (χ1v) is 10.6. The molecule has 1 fully saturated rings. The number of amides is 2. The minimum absolute atomic E-state index is 0.139. The summed E-state index contributed by atoms with van der Waals surface area (Å²) in [6.07, 6.45) is 8.29. The van der Waals surface area contributed by atoms with Crippen LogP contribution in [-0.4, -0.2) is 63.5 Å². The standard InChI is InChI=1S/C24H25N5O3/c1-2-27-23(31)24(15-18-3-5-19(6-4-18)20-7-9-25-10-8-20)17-29(13-14-32-24)22(30)21-16-26-11-12-28-21/h3-12,16H,2,13-15,17H2,1H3,(H,27,31)/t24-/m0/s1. The molecule has 1 N–H and O–H groups in total. The normalized spacial score (nSPS) is 18.2. The quantitative estimate of drug-likeness (QED) is 0.642. The van der Waals surface area contributed by atoms with Crippen LogP contribution in [-0.2, 0) is 16.0 Å². The molecule has 0 spiro atoms. The van der Waals surface area contributed by atoms with Gasteiger partial charge in [0.05, 0.1) is 19.3 Å². The molecule has 1 aliphatic heterocycles. The van der Waals surface area contributed by atoms with E-state index in [4.69, 9.17) is 4.74 Å². The summed E-state index contributed by atoms with van der Waals surface area (Å²) in [7, 11) is 0. The molecule has 164 valence electrons. The number of nitrogens with one attached hydrogen (secondary N) is 1. The minimum Gasteiger partial charge on any atom is -0.361 e. The molecular formula is C24H25N5O3. The van der Waals surface area contributed by atoms with Gasteiger partial charge in [-0.2, -0.15) is 0 Å². The molecule has 1 aromatic carbocycles. The first-order valence-electron chi connectivity index (χ1n) is 10.6. The van der Waals surface area contributed by atoms with Crippen LogP contribution >= 0.6 is 0 Å². The highest BCUT2D eigenvalue weighted by Crippen LogP contribution is 2.26. The summed E-state index contributed by atoms with van der Waals surface area (Å²) < 4.78 is 6.06. The van der Waals surface area contributed by atoms with Gasteiger partial charge in [0.1, 0.15) is 5.69 Å². The number of ether oxygens (including phenoxy) is 1. The van der Waals surface area contributed by atoms with Gasteiger partial charge in [0.2, 0.25) is 0 Å². The zero-order valence-corrected chi connectivity index (χ0v) is 17.9. The number of carbonyl (C=O) groups excluding carboxylic acids is 2. The first-order chi connectivity index (χ1) is 15.6. The fourth-order valence-corrected chi connectivity index (χ4v) is 3.86. The van der Waals surface area contributed by atoms with E-state index in [9.17, 15) is 9.59 Å². The Hall–Kier alpha value is -3.65. The molecule has 0 radical (unpaired) electrons. The summed E-state index contributed by atoms with van der Waals surface area (Å²) >= 11 is 0. The molecule has 3 heterocycles. The van der Waals surface area contributed by atoms with Crippen LogP contribution in [0, 0.1) is 0 Å². The number of benzene rings is 1. The van der Waals surface area contributed by atoms with E-state index in [1.807, 2.05) is 43.3 Å². The van der Waals surface area contributed by atoms with Crippen molar-refractivity contribution >= 4 is 11.8 Å². The molecular weight excluding hydrogens is 406 g/mol. The van der Waals surface area contributed by atoms with E-state index in [1.54, 1.807) is 17.3 Å². The fraction of sp³-hybridized carbons (Fsp3) is 0.292. The molecule has 32 heavy (non-hydrogen) atoms. The van der Waals surface area contributed by atoms with E-state index in [0.717, 1.165) is 16.7 Å². The summed E-state index contributed by atoms with van der Waals surface area (Å²) in [6, 6.07) is 11.9. The van der Waals surface area contributed by atoms with E-state index < -0.39 is 5.60 Å². The van der Waals surface area contributed by atoms with Gasteiger partial charge in [-0.05, 0) is 35.7 Å². The SMILES string of the molecule is CCNC(=O)[C@]1(Cc2ccc(-c3ccncc3)cc2)CN(C(=O)c2cnccn2)CCO1. The lowest BCUT2D eigenvalue weighted by Gasteiger charge is -2.41. The molecule has 0 aliphatic carbocycles.